The lowest BCUT2D eigenvalue weighted by molar-refractivity contribution is 0.307. The van der Waals surface area contributed by atoms with Crippen LogP contribution in [0.4, 0.5) is 5.69 Å². The highest BCUT2D eigenvalue weighted by Gasteiger charge is 2.01. The Morgan fingerprint density at radius 2 is 2.00 bits per heavy atom. The smallest absolute Gasteiger partial charge is 0.149 e. The van der Waals surface area contributed by atoms with Gasteiger partial charge in [0.15, 0.2) is 0 Å². The lowest BCUT2D eigenvalue weighted by Crippen LogP contribution is -1.97. The summed E-state index contributed by atoms with van der Waals surface area (Å²) in [6.45, 7) is 0.638. The van der Waals surface area contributed by atoms with Crippen LogP contribution in [0.2, 0.25) is 0 Å². The molecule has 0 bridgehead atoms. The second kappa shape index (κ2) is 7.40. The van der Waals surface area contributed by atoms with Gasteiger partial charge in [-0.1, -0.05) is 28.1 Å². The van der Waals surface area contributed by atoms with E-state index >= 15 is 0 Å². The van der Waals surface area contributed by atoms with E-state index in [2.05, 4.69) is 21.1 Å². The van der Waals surface area contributed by atoms with Crippen LogP contribution in [0.15, 0.2) is 29.4 Å². The number of halogens is 1. The molecule has 1 aromatic rings. The molecule has 4 heteroatoms. The minimum absolute atomic E-state index is 0.373. The van der Waals surface area contributed by atoms with Gasteiger partial charge >= 0.3 is 0 Å². The predicted octanol–water partition coefficient (Wildman–Crippen LogP) is 4.03. The van der Waals surface area contributed by atoms with Crippen molar-refractivity contribution in [3.05, 3.63) is 29.2 Å². The number of unbranched alkanes of at least 4 members (excludes halogenated alkanes) is 2. The number of hydrogen-bond donors (Lipinski definition) is 0. The Hall–Kier alpha value is -0.900. The van der Waals surface area contributed by atoms with Crippen molar-refractivity contribution >= 4 is 21.6 Å². The van der Waals surface area contributed by atoms with E-state index in [0.29, 0.717) is 18.0 Å². The molecule has 0 aliphatic heterocycles. The minimum atomic E-state index is 0.373. The van der Waals surface area contributed by atoms with E-state index in [1.165, 1.54) is 0 Å². The highest BCUT2D eigenvalue weighted by molar-refractivity contribution is 9.09. The fraction of sp³-hybridized carbons (Fsp3) is 0.455. The van der Waals surface area contributed by atoms with Gasteiger partial charge in [-0.25, -0.2) is 0 Å². The molecule has 0 fully saturated rings. The van der Waals surface area contributed by atoms with Gasteiger partial charge in [0, 0.05) is 5.33 Å². The number of alkyl halides is 1. The summed E-state index contributed by atoms with van der Waals surface area (Å²) in [5.74, 6) is 0.575. The summed E-state index contributed by atoms with van der Waals surface area (Å²) in [5, 5.41) is 3.93. The number of rotatable bonds is 7. The molecule has 0 aliphatic carbocycles. The third-order valence-corrected chi connectivity index (χ3v) is 2.56. The van der Waals surface area contributed by atoms with Crippen LogP contribution >= 0.6 is 15.9 Å². The topological polar surface area (TPSA) is 38.7 Å². The minimum Gasteiger partial charge on any atom is -0.491 e. The van der Waals surface area contributed by atoms with Crippen molar-refractivity contribution in [2.75, 3.05) is 11.9 Å². The molecule has 0 saturated heterocycles. The van der Waals surface area contributed by atoms with Gasteiger partial charge in [0.05, 0.1) is 6.61 Å². The molecule has 1 rings (SSSR count). The first kappa shape index (κ1) is 12.2. The Bertz CT molecular complexity index is 304. The molecular formula is C11H14BrNO2. The van der Waals surface area contributed by atoms with E-state index in [4.69, 9.17) is 4.74 Å². The highest BCUT2D eigenvalue weighted by Crippen LogP contribution is 2.26. The van der Waals surface area contributed by atoms with Gasteiger partial charge in [0.25, 0.3) is 0 Å². The van der Waals surface area contributed by atoms with E-state index in [0.717, 1.165) is 24.6 Å². The zero-order valence-electron chi connectivity index (χ0n) is 8.49. The summed E-state index contributed by atoms with van der Waals surface area (Å²) >= 11 is 3.37. The fourth-order valence-electron chi connectivity index (χ4n) is 1.21. The van der Waals surface area contributed by atoms with E-state index < -0.39 is 0 Å². The first-order valence-electron chi connectivity index (χ1n) is 4.99. The molecule has 0 atom stereocenters. The van der Waals surface area contributed by atoms with E-state index in [1.54, 1.807) is 18.2 Å². The zero-order valence-corrected chi connectivity index (χ0v) is 10.1. The predicted molar refractivity (Wildman–Crippen MR) is 65.0 cm³/mol. The van der Waals surface area contributed by atoms with Gasteiger partial charge in [-0.3, -0.25) is 0 Å². The molecule has 0 aromatic heterocycles. The average Bonchev–Trinajstić information content (AvgIpc) is 2.29. The lowest BCUT2D eigenvalue weighted by atomic mass is 10.2. The summed E-state index contributed by atoms with van der Waals surface area (Å²) < 4.78 is 5.47. The fourth-order valence-corrected chi connectivity index (χ4v) is 1.61. The molecule has 0 saturated carbocycles. The van der Waals surface area contributed by atoms with Crippen molar-refractivity contribution in [3.63, 3.8) is 0 Å². The molecule has 15 heavy (non-hydrogen) atoms. The monoisotopic (exact) mass is 271 g/mol. The van der Waals surface area contributed by atoms with Gasteiger partial charge in [0.1, 0.15) is 11.4 Å². The number of hydrogen-bond acceptors (Lipinski definition) is 3. The summed E-state index contributed by atoms with van der Waals surface area (Å²) in [6, 6.07) is 7.03. The third kappa shape index (κ3) is 4.42. The number of nitroso groups, excluding NO2 is 1. The molecule has 0 unspecified atom stereocenters. The van der Waals surface area contributed by atoms with Crippen molar-refractivity contribution in [1.82, 2.24) is 0 Å². The standard InChI is InChI=1S/C11H14BrNO2/c12-8-4-1-5-9-15-11-7-3-2-6-10(11)13-14/h2-3,6-7H,1,4-5,8-9H2. The van der Waals surface area contributed by atoms with Gasteiger partial charge in [-0.15, -0.1) is 4.91 Å². The molecule has 3 nitrogen and oxygen atoms in total. The third-order valence-electron chi connectivity index (χ3n) is 2.00. The van der Waals surface area contributed by atoms with Crippen LogP contribution < -0.4 is 4.74 Å². The second-order valence-electron chi connectivity index (χ2n) is 3.16. The molecule has 0 radical (unpaired) electrons. The summed E-state index contributed by atoms with van der Waals surface area (Å²) in [4.78, 5) is 10.4. The maximum Gasteiger partial charge on any atom is 0.149 e. The van der Waals surface area contributed by atoms with Crippen LogP contribution in [0, 0.1) is 4.91 Å². The molecule has 0 heterocycles. The number of ether oxygens (including phenoxy) is 1. The summed E-state index contributed by atoms with van der Waals surface area (Å²) in [6.07, 6.45) is 3.28. The van der Waals surface area contributed by atoms with Gasteiger partial charge in [0.2, 0.25) is 0 Å². The quantitative estimate of drug-likeness (QED) is 0.427. The number of nitrogens with zero attached hydrogens (tertiary/aromatic N) is 1. The normalized spacial score (nSPS) is 9.93. The second-order valence-corrected chi connectivity index (χ2v) is 3.95. The van der Waals surface area contributed by atoms with Gasteiger partial charge in [-0.05, 0) is 36.6 Å². The van der Waals surface area contributed by atoms with Gasteiger partial charge < -0.3 is 4.74 Å². The molecule has 0 amide bonds. The largest absolute Gasteiger partial charge is 0.491 e. The summed E-state index contributed by atoms with van der Waals surface area (Å²) in [5.41, 5.74) is 0.373. The van der Waals surface area contributed by atoms with E-state index in [1.807, 2.05) is 6.07 Å². The first-order valence-corrected chi connectivity index (χ1v) is 6.12. The van der Waals surface area contributed by atoms with Crippen molar-refractivity contribution in [2.45, 2.75) is 19.3 Å². The van der Waals surface area contributed by atoms with E-state index in [9.17, 15) is 4.91 Å². The Labute approximate surface area is 97.9 Å². The molecule has 0 spiro atoms. The van der Waals surface area contributed by atoms with Crippen molar-refractivity contribution < 1.29 is 4.74 Å². The van der Waals surface area contributed by atoms with Crippen LogP contribution in [0.25, 0.3) is 0 Å². The van der Waals surface area contributed by atoms with Crippen LogP contribution in [-0.2, 0) is 0 Å². The summed E-state index contributed by atoms with van der Waals surface area (Å²) in [7, 11) is 0. The Morgan fingerprint density at radius 3 is 2.73 bits per heavy atom. The lowest BCUT2D eigenvalue weighted by Gasteiger charge is -2.06. The first-order chi connectivity index (χ1) is 7.38. The zero-order chi connectivity index (χ0) is 10.9. The van der Waals surface area contributed by atoms with E-state index in [-0.39, 0.29) is 0 Å². The van der Waals surface area contributed by atoms with Crippen LogP contribution in [0.3, 0.4) is 0 Å². The van der Waals surface area contributed by atoms with Crippen LogP contribution in [-0.4, -0.2) is 11.9 Å². The van der Waals surface area contributed by atoms with Crippen molar-refractivity contribution in [1.29, 1.82) is 0 Å². The average molecular weight is 272 g/mol. The highest BCUT2D eigenvalue weighted by atomic mass is 79.9. The number of benzene rings is 1. The molecular weight excluding hydrogens is 258 g/mol. The van der Waals surface area contributed by atoms with Gasteiger partial charge in [-0.2, -0.15) is 0 Å². The maximum absolute atomic E-state index is 10.4. The molecule has 1 aromatic carbocycles. The Morgan fingerprint density at radius 1 is 1.20 bits per heavy atom. The maximum atomic E-state index is 10.4. The Kier molecular flexibility index (Phi) is 6.00. The Balaban J connectivity index is 2.33. The molecule has 82 valence electrons. The van der Waals surface area contributed by atoms with Crippen molar-refractivity contribution in [2.24, 2.45) is 5.18 Å². The SMILES string of the molecule is O=Nc1ccccc1OCCCCCBr. The van der Waals surface area contributed by atoms with Crippen molar-refractivity contribution in [3.8, 4) is 5.75 Å². The molecule has 0 aliphatic rings. The molecule has 0 N–H and O–H groups in total. The van der Waals surface area contributed by atoms with Crippen LogP contribution in [0.5, 0.6) is 5.75 Å². The van der Waals surface area contributed by atoms with Crippen LogP contribution in [0.1, 0.15) is 19.3 Å². The number of para-hydroxylation sites is 1.